The summed E-state index contributed by atoms with van der Waals surface area (Å²) in [4.78, 5) is 72.6. The normalized spacial score (nSPS) is 27.4. The largest absolute Gasteiger partial charge is 0.490 e. The monoisotopic (exact) mass is 1180 g/mol. The van der Waals surface area contributed by atoms with E-state index in [1.54, 1.807) is 61.0 Å². The Morgan fingerprint density at radius 2 is 0.848 bits per heavy atom. The number of rotatable bonds is 20. The maximum atomic E-state index is 13.3. The number of hydrogen-bond acceptors (Lipinski definition) is 23. The van der Waals surface area contributed by atoms with E-state index in [4.69, 9.17) is 37.5 Å². The highest BCUT2D eigenvalue weighted by Crippen LogP contribution is 2.71. The molecular formula is C46H64N10O19P4. The molecule has 0 bridgehead atoms. The molecule has 29 nitrogen and oxygen atoms in total. The average molecular weight is 1180 g/mol. The van der Waals surface area contributed by atoms with Gasteiger partial charge in [-0.05, 0) is 25.0 Å². The van der Waals surface area contributed by atoms with Crippen molar-refractivity contribution in [2.45, 2.75) is 116 Å². The third-order valence-electron chi connectivity index (χ3n) is 12.3. The molecule has 0 saturated carbocycles. The van der Waals surface area contributed by atoms with Crippen molar-refractivity contribution < 1.29 is 88.2 Å². The maximum Gasteiger partial charge on any atom is 0.490 e. The number of imidazole rings is 2. The molecule has 0 spiro atoms. The predicted molar refractivity (Wildman–Crippen MR) is 281 cm³/mol. The van der Waals surface area contributed by atoms with Gasteiger partial charge in [-0.2, -0.15) is 12.9 Å². The Labute approximate surface area is 454 Å². The minimum Gasteiger partial charge on any atom is -0.361 e. The lowest BCUT2D eigenvalue weighted by Crippen LogP contribution is -2.32. The first kappa shape index (κ1) is 60.6. The van der Waals surface area contributed by atoms with Crippen LogP contribution in [0.2, 0.25) is 0 Å². The molecule has 14 atom stereocenters. The highest BCUT2D eigenvalue weighted by molar-refractivity contribution is 7.69. The number of ether oxygens (including phenoxy) is 6. The SMILES string of the molecule is CC.CC.Cc1nc2c(N(C)C)ncnc2n1[C@@H]1O[C@H](COP(=O)(O)OP(=O)(O)OP(=O)(O)OP(=O)(O)OC[C@H]2O[C@@H](n3c(C)nc4c(N(C)C)ncnc43)[C@H]3OC(Cc4ccccc4)OC23)C2OC(Cc3ccccc3)OC21. The van der Waals surface area contributed by atoms with Crippen molar-refractivity contribution in [3.05, 3.63) is 96.1 Å². The lowest BCUT2D eigenvalue weighted by atomic mass is 10.1. The van der Waals surface area contributed by atoms with Gasteiger partial charge >= 0.3 is 31.3 Å². The van der Waals surface area contributed by atoms with Gasteiger partial charge < -0.3 is 57.8 Å². The Morgan fingerprint density at radius 3 is 1.20 bits per heavy atom. The topological polar surface area (TPSA) is 344 Å². The van der Waals surface area contributed by atoms with E-state index in [0.717, 1.165) is 11.1 Å². The van der Waals surface area contributed by atoms with Crippen LogP contribution in [-0.4, -0.2) is 149 Å². The van der Waals surface area contributed by atoms with Gasteiger partial charge in [0, 0.05) is 41.0 Å². The van der Waals surface area contributed by atoms with Gasteiger partial charge in [0.15, 0.2) is 59.0 Å². The van der Waals surface area contributed by atoms with Gasteiger partial charge in [-0.25, -0.2) is 48.2 Å². The number of anilines is 2. The summed E-state index contributed by atoms with van der Waals surface area (Å²) in [5, 5.41) is 0. The second-order valence-electron chi connectivity index (χ2n) is 18.1. The van der Waals surface area contributed by atoms with Crippen LogP contribution in [0.1, 0.15) is 62.9 Å². The summed E-state index contributed by atoms with van der Waals surface area (Å²) in [6.07, 6.45) is -6.52. The molecule has 4 aromatic heterocycles. The molecule has 9 unspecified atom stereocenters. The van der Waals surface area contributed by atoms with Crippen molar-refractivity contribution in [2.75, 3.05) is 51.2 Å². The zero-order chi connectivity index (χ0) is 57.2. The molecule has 4 aliphatic rings. The second kappa shape index (κ2) is 24.9. The Bertz CT molecular complexity index is 3040. The van der Waals surface area contributed by atoms with Crippen LogP contribution in [0.5, 0.6) is 0 Å². The lowest BCUT2D eigenvalue weighted by Gasteiger charge is -2.23. The summed E-state index contributed by atoms with van der Waals surface area (Å²) < 4.78 is 117. The Kier molecular flexibility index (Phi) is 19.1. The van der Waals surface area contributed by atoms with Gasteiger partial charge in [0.1, 0.15) is 60.9 Å². The van der Waals surface area contributed by atoms with Crippen molar-refractivity contribution in [3.63, 3.8) is 0 Å². The molecular weight excluding hydrogens is 1120 g/mol. The van der Waals surface area contributed by atoms with Gasteiger partial charge in [-0.1, -0.05) is 88.4 Å². The number of nitrogens with zero attached hydrogens (tertiary/aromatic N) is 10. The molecule has 432 valence electrons. The van der Waals surface area contributed by atoms with E-state index < -0.39 is 106 Å². The van der Waals surface area contributed by atoms with Crippen LogP contribution in [0.3, 0.4) is 0 Å². The summed E-state index contributed by atoms with van der Waals surface area (Å²) in [7, 11) is -16.7. The van der Waals surface area contributed by atoms with Gasteiger partial charge in [0.05, 0.1) is 13.2 Å². The molecule has 4 aliphatic heterocycles. The number of benzene rings is 2. The van der Waals surface area contributed by atoms with E-state index in [-0.39, 0.29) is 0 Å². The number of phosphoric acid groups is 4. The molecule has 33 heteroatoms. The minimum absolute atomic E-state index is 0.305. The molecule has 6 aromatic rings. The third kappa shape index (κ3) is 13.7. The molecule has 8 heterocycles. The fourth-order valence-electron chi connectivity index (χ4n) is 9.37. The van der Waals surface area contributed by atoms with Crippen molar-refractivity contribution in [2.24, 2.45) is 0 Å². The fraction of sp³-hybridized carbons (Fsp3) is 0.522. The third-order valence-corrected chi connectivity index (χ3v) is 18.2. The van der Waals surface area contributed by atoms with Crippen LogP contribution in [0, 0.1) is 13.8 Å². The summed E-state index contributed by atoms with van der Waals surface area (Å²) in [5.74, 6) is 1.92. The van der Waals surface area contributed by atoms with Crippen LogP contribution in [0.25, 0.3) is 22.3 Å². The van der Waals surface area contributed by atoms with E-state index in [0.29, 0.717) is 58.5 Å². The zero-order valence-corrected chi connectivity index (χ0v) is 48.3. The molecule has 0 aliphatic carbocycles. The fourth-order valence-corrected chi connectivity index (χ4v) is 14.3. The molecule has 4 saturated heterocycles. The predicted octanol–water partition coefficient (Wildman–Crippen LogP) is 6.45. The standard InChI is InChI=1S/C42H52N10O19P4.2C2H6/c1-23-47-31-37(49(3)4)43-21-45-39(31)51(23)41-35-33(65-29(67-35)17-25-13-9-7-10-14-25)27(63-41)19-61-72(53,54)69-74(57,58)71-75(59,60)70-73(55,56)62-20-28-34-36(68-30(66-34)18-26-15-11-8-12-16-26)42(64-28)52-24(2)48-32-38(50(5)6)44-22-46-40(32)52;2*1-2/h7-16,21-22,27-30,33-36,41-42H,17-20H2,1-6H3,(H,53,54)(H,55,56)(H,57,58)(H,59,60);2*1-2H3/t27-,28-,29?,30?,33?,34?,35+,36?,41-,42-;;/m1../s1. The van der Waals surface area contributed by atoms with Gasteiger partial charge in [-0.3, -0.25) is 18.2 Å². The summed E-state index contributed by atoms with van der Waals surface area (Å²) in [6.45, 7) is 9.72. The smallest absolute Gasteiger partial charge is 0.361 e. The van der Waals surface area contributed by atoms with E-state index in [9.17, 15) is 37.8 Å². The molecule has 4 fully saturated rings. The van der Waals surface area contributed by atoms with Crippen molar-refractivity contribution in [1.29, 1.82) is 0 Å². The molecule has 2 aromatic carbocycles. The van der Waals surface area contributed by atoms with Crippen molar-refractivity contribution in [3.8, 4) is 0 Å². The number of phosphoric ester groups is 2. The molecule has 79 heavy (non-hydrogen) atoms. The highest BCUT2D eigenvalue weighted by atomic mass is 31.3. The lowest BCUT2D eigenvalue weighted by molar-refractivity contribution is -0.149. The Hall–Kier alpha value is -4.54. The average Bonchev–Trinajstić information content (AvgIpc) is 4.28. The first-order valence-electron chi connectivity index (χ1n) is 25.0. The first-order valence-corrected chi connectivity index (χ1v) is 31.0. The molecule has 10 rings (SSSR count). The molecule has 4 N–H and O–H groups in total. The van der Waals surface area contributed by atoms with Crippen LogP contribution in [-0.2, 0) is 81.5 Å². The molecule has 0 radical (unpaired) electrons. The van der Waals surface area contributed by atoms with E-state index in [1.165, 1.54) is 12.7 Å². The van der Waals surface area contributed by atoms with Gasteiger partial charge in [-0.15, -0.1) is 0 Å². The number of fused-ring (bicyclic) bond motifs is 4. The summed E-state index contributed by atoms with van der Waals surface area (Å²) in [5.41, 5.74) is 3.40. The van der Waals surface area contributed by atoms with Crippen molar-refractivity contribution >= 4 is 65.3 Å². The van der Waals surface area contributed by atoms with Crippen LogP contribution in [0.15, 0.2) is 73.3 Å². The van der Waals surface area contributed by atoms with E-state index in [2.05, 4.69) is 42.8 Å². The van der Waals surface area contributed by atoms with Crippen LogP contribution >= 0.6 is 31.3 Å². The van der Waals surface area contributed by atoms with Crippen molar-refractivity contribution in [1.82, 2.24) is 39.0 Å². The van der Waals surface area contributed by atoms with E-state index in [1.807, 2.05) is 88.4 Å². The summed E-state index contributed by atoms with van der Waals surface area (Å²) >= 11 is 0. The minimum atomic E-state index is -6.19. The Balaban J connectivity index is 0.00000201. The number of hydrogen-bond donors (Lipinski definition) is 4. The highest BCUT2D eigenvalue weighted by Gasteiger charge is 2.57. The number of aryl methyl sites for hydroxylation is 2. The van der Waals surface area contributed by atoms with Gasteiger partial charge in [0.25, 0.3) is 0 Å². The number of aromatic nitrogens is 8. The van der Waals surface area contributed by atoms with Crippen LogP contribution in [0.4, 0.5) is 11.6 Å². The maximum absolute atomic E-state index is 13.3. The van der Waals surface area contributed by atoms with E-state index >= 15 is 0 Å². The van der Waals surface area contributed by atoms with Crippen LogP contribution < -0.4 is 9.80 Å². The zero-order valence-electron chi connectivity index (χ0n) is 44.7. The Morgan fingerprint density at radius 1 is 0.506 bits per heavy atom. The quantitative estimate of drug-likeness (QED) is 0.0596. The van der Waals surface area contributed by atoms with Gasteiger partial charge in [0.2, 0.25) is 0 Å². The first-order chi connectivity index (χ1) is 37.5. The molecule has 0 amide bonds. The second-order valence-corrected chi connectivity index (χ2v) is 24.3. The summed E-state index contributed by atoms with van der Waals surface area (Å²) in [6, 6.07) is 18.6.